The lowest BCUT2D eigenvalue weighted by atomic mass is 9.98. The number of hydrogen-bond donors (Lipinski definition) is 0. The van der Waals surface area contributed by atoms with Gasteiger partial charge in [0.2, 0.25) is 0 Å². The summed E-state index contributed by atoms with van der Waals surface area (Å²) in [6.45, 7) is 1.07. The monoisotopic (exact) mass is 440 g/mol. The van der Waals surface area contributed by atoms with Crippen molar-refractivity contribution in [1.82, 2.24) is 14.9 Å². The van der Waals surface area contributed by atoms with Crippen molar-refractivity contribution in [1.29, 1.82) is 0 Å². The second kappa shape index (κ2) is 9.55. The second-order valence-corrected chi connectivity index (χ2v) is 8.64. The van der Waals surface area contributed by atoms with Crippen molar-refractivity contribution < 1.29 is 9.53 Å². The summed E-state index contributed by atoms with van der Waals surface area (Å²) in [4.78, 5) is 20.1. The molecule has 168 valence electrons. The Hall–Kier alpha value is -3.51. The fraction of sp³-hybridized carbons (Fsp3) is 0.296. The molecule has 0 bridgehead atoms. The van der Waals surface area contributed by atoms with Gasteiger partial charge in [0, 0.05) is 31.4 Å². The van der Waals surface area contributed by atoms with E-state index in [2.05, 4.69) is 28.1 Å². The molecule has 1 amide bonds. The zero-order chi connectivity index (χ0) is 22.6. The van der Waals surface area contributed by atoms with Gasteiger partial charge in [0.15, 0.2) is 0 Å². The number of hydrazone groups is 1. The van der Waals surface area contributed by atoms with Crippen LogP contribution in [0.15, 0.2) is 84.2 Å². The third-order valence-electron chi connectivity index (χ3n) is 6.28. The molecule has 0 spiro atoms. The minimum atomic E-state index is -0.127. The van der Waals surface area contributed by atoms with Gasteiger partial charge >= 0.3 is 0 Å². The molecule has 1 unspecified atom stereocenters. The molecule has 1 aliphatic carbocycles. The first-order chi connectivity index (χ1) is 16.2. The van der Waals surface area contributed by atoms with Gasteiger partial charge in [-0.2, -0.15) is 5.10 Å². The summed E-state index contributed by atoms with van der Waals surface area (Å²) in [6.07, 6.45) is 6.61. The van der Waals surface area contributed by atoms with Crippen LogP contribution in [0.2, 0.25) is 0 Å². The van der Waals surface area contributed by atoms with Crippen molar-refractivity contribution in [3.8, 4) is 5.75 Å². The zero-order valence-electron chi connectivity index (χ0n) is 18.8. The standard InChI is InChI=1S/C27H28N4O2/c1-33-24-13-9-22(10-14-24)26-16-25(21-7-3-2-4-8-21)29-31(26)27(32)19-30(23-11-12-23)18-20-6-5-15-28-17-20/h2-10,13-15,17,23,26H,11-12,16,18-19H2,1H3. The molecule has 2 aromatic carbocycles. The smallest absolute Gasteiger partial charge is 0.257 e. The van der Waals surface area contributed by atoms with Crippen LogP contribution in [0.5, 0.6) is 5.75 Å². The van der Waals surface area contributed by atoms with Crippen LogP contribution < -0.4 is 4.74 Å². The van der Waals surface area contributed by atoms with Gasteiger partial charge in [-0.25, -0.2) is 5.01 Å². The number of nitrogens with zero attached hydrogens (tertiary/aromatic N) is 4. The van der Waals surface area contributed by atoms with Crippen LogP contribution in [0.1, 0.15) is 42.0 Å². The van der Waals surface area contributed by atoms with Gasteiger partial charge in [0.1, 0.15) is 5.75 Å². The molecule has 3 aromatic rings. The highest BCUT2D eigenvalue weighted by Crippen LogP contribution is 2.35. The van der Waals surface area contributed by atoms with Crippen LogP contribution >= 0.6 is 0 Å². The number of ether oxygens (including phenoxy) is 1. The van der Waals surface area contributed by atoms with Crippen LogP contribution in [0.25, 0.3) is 0 Å². The Bertz CT molecular complexity index is 1110. The Kier molecular flexibility index (Phi) is 6.17. The number of carbonyl (C=O) groups is 1. The molecule has 0 N–H and O–H groups in total. The van der Waals surface area contributed by atoms with E-state index < -0.39 is 0 Å². The molecular weight excluding hydrogens is 412 g/mol. The molecule has 0 radical (unpaired) electrons. The minimum absolute atomic E-state index is 0.0255. The van der Waals surface area contributed by atoms with E-state index in [1.807, 2.05) is 54.7 Å². The molecule has 0 saturated heterocycles. The Balaban J connectivity index is 1.39. The van der Waals surface area contributed by atoms with E-state index in [0.29, 0.717) is 19.0 Å². The van der Waals surface area contributed by atoms with E-state index in [9.17, 15) is 4.79 Å². The summed E-state index contributed by atoms with van der Waals surface area (Å²) in [6, 6.07) is 22.4. The summed E-state index contributed by atoms with van der Waals surface area (Å²) < 4.78 is 5.32. The van der Waals surface area contributed by atoms with Gasteiger partial charge in [-0.3, -0.25) is 14.7 Å². The molecule has 1 aliphatic heterocycles. The lowest BCUT2D eigenvalue weighted by Crippen LogP contribution is -2.39. The molecule has 33 heavy (non-hydrogen) atoms. The van der Waals surface area contributed by atoms with Crippen LogP contribution in [0, 0.1) is 0 Å². The van der Waals surface area contributed by atoms with Gasteiger partial charge in [-0.1, -0.05) is 48.5 Å². The topological polar surface area (TPSA) is 58.0 Å². The first-order valence-corrected chi connectivity index (χ1v) is 11.4. The maximum Gasteiger partial charge on any atom is 0.257 e. The Morgan fingerprint density at radius 1 is 1.06 bits per heavy atom. The summed E-state index contributed by atoms with van der Waals surface area (Å²) >= 11 is 0. The number of amides is 1. The predicted octanol–water partition coefficient (Wildman–Crippen LogP) is 4.43. The quantitative estimate of drug-likeness (QED) is 0.520. The fourth-order valence-electron chi connectivity index (χ4n) is 4.36. The molecule has 5 rings (SSSR count). The maximum absolute atomic E-state index is 13.6. The molecule has 1 atom stereocenters. The average Bonchev–Trinajstić information content (AvgIpc) is 3.62. The number of hydrogen-bond acceptors (Lipinski definition) is 5. The van der Waals surface area contributed by atoms with Gasteiger partial charge < -0.3 is 4.74 Å². The van der Waals surface area contributed by atoms with Gasteiger partial charge in [-0.05, 0) is 47.7 Å². The van der Waals surface area contributed by atoms with Crippen molar-refractivity contribution in [2.75, 3.05) is 13.7 Å². The van der Waals surface area contributed by atoms with E-state index in [-0.39, 0.29) is 11.9 Å². The molecule has 1 aromatic heterocycles. The lowest BCUT2D eigenvalue weighted by Gasteiger charge is -2.27. The van der Waals surface area contributed by atoms with Crippen molar-refractivity contribution in [2.24, 2.45) is 5.10 Å². The number of methoxy groups -OCH3 is 1. The van der Waals surface area contributed by atoms with Crippen molar-refractivity contribution in [3.05, 3.63) is 95.8 Å². The average molecular weight is 441 g/mol. The Morgan fingerprint density at radius 2 is 1.85 bits per heavy atom. The predicted molar refractivity (Wildman–Crippen MR) is 128 cm³/mol. The molecule has 2 heterocycles. The summed E-state index contributed by atoms with van der Waals surface area (Å²) in [5.41, 5.74) is 4.18. The molecule has 1 fully saturated rings. The summed E-state index contributed by atoms with van der Waals surface area (Å²) in [5.74, 6) is 0.827. The van der Waals surface area contributed by atoms with Crippen LogP contribution in [-0.4, -0.2) is 46.2 Å². The molecule has 6 heteroatoms. The van der Waals surface area contributed by atoms with E-state index in [0.717, 1.165) is 47.5 Å². The largest absolute Gasteiger partial charge is 0.497 e. The van der Waals surface area contributed by atoms with Crippen molar-refractivity contribution in [2.45, 2.75) is 37.9 Å². The summed E-state index contributed by atoms with van der Waals surface area (Å²) in [7, 11) is 1.66. The Morgan fingerprint density at radius 3 is 2.52 bits per heavy atom. The maximum atomic E-state index is 13.6. The van der Waals surface area contributed by atoms with E-state index in [1.165, 1.54) is 0 Å². The SMILES string of the molecule is COc1ccc(C2CC(c3ccccc3)=NN2C(=O)CN(Cc2cccnc2)C2CC2)cc1. The molecule has 6 nitrogen and oxygen atoms in total. The Labute approximate surface area is 194 Å². The number of benzene rings is 2. The van der Waals surface area contributed by atoms with Gasteiger partial charge in [0.25, 0.3) is 5.91 Å². The highest BCUT2D eigenvalue weighted by atomic mass is 16.5. The normalized spacial score (nSPS) is 17.8. The molecule has 1 saturated carbocycles. The second-order valence-electron chi connectivity index (χ2n) is 8.64. The third kappa shape index (κ3) is 4.96. The highest BCUT2D eigenvalue weighted by Gasteiger charge is 2.36. The minimum Gasteiger partial charge on any atom is -0.497 e. The first kappa shape index (κ1) is 21.3. The van der Waals surface area contributed by atoms with Crippen molar-refractivity contribution in [3.63, 3.8) is 0 Å². The van der Waals surface area contributed by atoms with E-state index in [4.69, 9.17) is 9.84 Å². The third-order valence-corrected chi connectivity index (χ3v) is 6.28. The van der Waals surface area contributed by atoms with E-state index in [1.54, 1.807) is 18.3 Å². The van der Waals surface area contributed by atoms with Crippen LogP contribution in [-0.2, 0) is 11.3 Å². The number of carbonyl (C=O) groups excluding carboxylic acids is 1. The van der Waals surface area contributed by atoms with Gasteiger partial charge in [-0.15, -0.1) is 0 Å². The fourth-order valence-corrected chi connectivity index (χ4v) is 4.36. The first-order valence-electron chi connectivity index (χ1n) is 11.4. The summed E-state index contributed by atoms with van der Waals surface area (Å²) in [5, 5.41) is 6.53. The lowest BCUT2D eigenvalue weighted by molar-refractivity contribution is -0.134. The molecular formula is C27H28N4O2. The van der Waals surface area contributed by atoms with Crippen LogP contribution in [0.3, 0.4) is 0 Å². The van der Waals surface area contributed by atoms with Crippen molar-refractivity contribution >= 4 is 11.6 Å². The highest BCUT2D eigenvalue weighted by molar-refractivity contribution is 6.03. The zero-order valence-corrected chi connectivity index (χ0v) is 18.8. The number of aromatic nitrogens is 1. The van der Waals surface area contributed by atoms with Crippen LogP contribution in [0.4, 0.5) is 0 Å². The molecule has 2 aliphatic rings. The van der Waals surface area contributed by atoms with E-state index >= 15 is 0 Å². The number of rotatable bonds is 8. The van der Waals surface area contributed by atoms with Gasteiger partial charge in [0.05, 0.1) is 25.4 Å². The number of pyridine rings is 1.